The van der Waals surface area contributed by atoms with Gasteiger partial charge in [0.05, 0.1) is 44.5 Å². The second-order valence-electron chi connectivity index (χ2n) is 35.9. The molecule has 0 atom stereocenters. The highest BCUT2D eigenvalue weighted by molar-refractivity contribution is 7.27. The molecule has 20 aromatic carbocycles. The molecule has 0 aliphatic heterocycles. The van der Waals surface area contributed by atoms with Gasteiger partial charge in [-0.2, -0.15) is 0 Å². The molecule has 138 heavy (non-hydrogen) atoms. The lowest BCUT2D eigenvalue weighted by Crippen LogP contribution is -2.04. The molecule has 0 saturated carbocycles. The number of thiophene rings is 3. The highest BCUT2D eigenvalue weighted by Crippen LogP contribution is 2.59. The summed E-state index contributed by atoms with van der Waals surface area (Å²) in [7, 11) is 0. The minimum atomic E-state index is 0.640. The van der Waals surface area contributed by atoms with Crippen LogP contribution in [0.4, 0.5) is 0 Å². The molecule has 0 radical (unpaired) electrons. The number of hydrogen-bond donors (Lipinski definition) is 0. The van der Waals surface area contributed by atoms with Gasteiger partial charge in [-0.15, -0.1) is 34.0 Å². The normalized spacial score (nSPS) is 12.2. The Hall–Kier alpha value is -17.6. The monoisotopic (exact) mass is 1810 g/mol. The zero-order valence-electron chi connectivity index (χ0n) is 73.6. The van der Waals surface area contributed by atoms with Gasteiger partial charge in [-0.25, -0.2) is 34.9 Å². The van der Waals surface area contributed by atoms with Crippen molar-refractivity contribution in [1.29, 1.82) is 0 Å². The van der Waals surface area contributed by atoms with Crippen molar-refractivity contribution < 1.29 is 0 Å². The number of rotatable bonds is 8. The van der Waals surface area contributed by atoms with Gasteiger partial charge in [0, 0.05) is 155 Å². The van der Waals surface area contributed by atoms with E-state index in [-0.39, 0.29) is 0 Å². The zero-order valence-corrected chi connectivity index (χ0v) is 76.1. The fourth-order valence-electron chi connectivity index (χ4n) is 22.9. The highest BCUT2D eigenvalue weighted by atomic mass is 32.1. The molecule has 0 bridgehead atoms. The molecule has 9 aromatic heterocycles. The van der Waals surface area contributed by atoms with Crippen LogP contribution in [0.3, 0.4) is 0 Å². The van der Waals surface area contributed by atoms with E-state index < -0.39 is 0 Å². The molecule has 0 unspecified atom stereocenters. The maximum absolute atomic E-state index is 5.34. The quantitative estimate of drug-likeness (QED) is 0.149. The lowest BCUT2D eigenvalue weighted by Gasteiger charge is -2.15. The molecule has 3 aliphatic carbocycles. The van der Waals surface area contributed by atoms with Crippen molar-refractivity contribution >= 4 is 192 Å². The minimum Gasteiger partial charge on any atom is -0.309 e. The summed E-state index contributed by atoms with van der Waals surface area (Å²) >= 11 is 5.60. The summed E-state index contributed by atoms with van der Waals surface area (Å²) in [6.45, 7) is 0. The van der Waals surface area contributed by atoms with Crippen molar-refractivity contribution in [1.82, 2.24) is 48.6 Å². The third kappa shape index (κ3) is 11.3. The summed E-state index contributed by atoms with van der Waals surface area (Å²) in [5.41, 5.74) is 30.2. The van der Waals surface area contributed by atoms with Gasteiger partial charge in [0.15, 0.2) is 17.5 Å². The van der Waals surface area contributed by atoms with E-state index in [2.05, 4.69) is 372 Å². The molecule has 29 aromatic rings. The second kappa shape index (κ2) is 30.0. The summed E-state index contributed by atoms with van der Waals surface area (Å²) in [6.07, 6.45) is 3.65. The summed E-state index contributed by atoms with van der Waals surface area (Å²) in [4.78, 5) is 35.2. The average molecular weight is 1810 g/mol. The first kappa shape index (κ1) is 76.9. The van der Waals surface area contributed by atoms with Crippen LogP contribution in [0.2, 0.25) is 0 Å². The molecular formula is C125H70N10S3. The molecule has 0 N–H and O–H groups in total. The third-order valence-corrected chi connectivity index (χ3v) is 31.9. The Labute approximate surface area is 800 Å². The molecule has 32 rings (SSSR count). The van der Waals surface area contributed by atoms with Crippen LogP contribution >= 0.6 is 34.0 Å². The Balaban J connectivity index is 0.0000000996. The Morgan fingerprint density at radius 2 is 0.500 bits per heavy atom. The van der Waals surface area contributed by atoms with Crippen molar-refractivity contribution in [3.8, 4) is 141 Å². The van der Waals surface area contributed by atoms with E-state index in [1.54, 1.807) is 0 Å². The van der Waals surface area contributed by atoms with Gasteiger partial charge in [-0.1, -0.05) is 334 Å². The number of aromatic nitrogens is 10. The molecule has 10 nitrogen and oxygen atoms in total. The molecule has 0 amide bonds. The van der Waals surface area contributed by atoms with Crippen molar-refractivity contribution in [3.05, 3.63) is 425 Å². The summed E-state index contributed by atoms with van der Waals surface area (Å²) in [5, 5.41) is 23.3. The number of hydrogen-bond acceptors (Lipinski definition) is 10. The summed E-state index contributed by atoms with van der Waals surface area (Å²) in [5.74, 6) is 3.32. The molecule has 0 saturated heterocycles. The average Bonchev–Trinajstić information content (AvgIpc) is 1.53. The van der Waals surface area contributed by atoms with E-state index in [1.807, 2.05) is 101 Å². The Morgan fingerprint density at radius 3 is 0.906 bits per heavy atom. The van der Waals surface area contributed by atoms with Crippen LogP contribution in [-0.2, 0) is 0 Å². The van der Waals surface area contributed by atoms with Gasteiger partial charge in [0.2, 0.25) is 11.9 Å². The standard InChI is InChI=1S/C49H28N4S.C44H25N3S.C32H17N3S/c1-3-13-30(14-4-1)47-50-48(31-15-5-2-6-16-31)52-49(51-47)32-18-11-19-33(27-32)53-38-26-25-29-17-12-23-35-34-20-7-8-21-36(34)44-43-37-22-9-10-24-40(37)54-41(43)28-39(53)46(44)45(38)42(29)35;1-3-12-26(13-4-1)33-24-34(27-14-5-2-6-15-27)46-44(45-33)47-35-23-22-28-16-11-20-30-29-17-7-8-18-31(29)41-40-32-19-9-10-21-37(32)48-38(40)25-36(47)43(41)42(35)39(28)30;1-2-9-21-19(8-1)20-11-5-7-18-13-14-23-30(27(18)20)31-24(35(23)32-33-15-6-16-34-32)17-26-28(29(21)31)22-10-3-4-12-25(22)36-26/h1-28H;1-25H;1-17H. The first-order valence-electron chi connectivity index (χ1n) is 46.6. The predicted molar refractivity (Wildman–Crippen MR) is 579 cm³/mol. The van der Waals surface area contributed by atoms with Crippen LogP contribution in [0.25, 0.3) is 299 Å². The van der Waals surface area contributed by atoms with Gasteiger partial charge in [0.25, 0.3) is 0 Å². The number of benzene rings is 20. The highest BCUT2D eigenvalue weighted by Gasteiger charge is 2.34. The third-order valence-electron chi connectivity index (χ3n) is 28.5. The van der Waals surface area contributed by atoms with E-state index in [0.717, 1.165) is 67.0 Å². The topological polar surface area (TPSA) is 105 Å². The first-order chi connectivity index (χ1) is 68.5. The van der Waals surface area contributed by atoms with Crippen molar-refractivity contribution in [2.75, 3.05) is 0 Å². The Morgan fingerprint density at radius 1 is 0.181 bits per heavy atom. The number of nitrogens with zero attached hydrogens (tertiary/aromatic N) is 10. The first-order valence-corrected chi connectivity index (χ1v) is 49.0. The Kier molecular flexibility index (Phi) is 16.7. The number of fused-ring (bicyclic) bond motifs is 21. The van der Waals surface area contributed by atoms with Crippen LogP contribution < -0.4 is 0 Å². The maximum atomic E-state index is 5.34. The molecule has 9 heterocycles. The SMILES string of the molecule is c1ccc(-c2cc(-c3ccccc3)nc(-n3c4cc5sc6ccccc6c5c5c4c4c6c(cccc6ccc43)-c3ccccc3-5)n2)cc1.c1ccc(-c2nc(-c3ccccc3)nc(-c3cccc(-n4c5cc6sc7ccccc7c6c6c5c5c7c(cccc7ccc54)-c4ccccc4-6)c3)n2)cc1.c1cnc(-n2c3cc4sc5ccccc5c4c4c3c3c5c(cccc5ccc32)-c2ccccc2-4)nc1. The van der Waals surface area contributed by atoms with E-state index >= 15 is 0 Å². The smallest absolute Gasteiger partial charge is 0.235 e. The second-order valence-corrected chi connectivity index (χ2v) is 39.1. The molecule has 13 heteroatoms. The van der Waals surface area contributed by atoms with Gasteiger partial charge in [-0.3, -0.25) is 9.13 Å². The van der Waals surface area contributed by atoms with Crippen molar-refractivity contribution in [2.24, 2.45) is 0 Å². The van der Waals surface area contributed by atoms with Gasteiger partial charge >= 0.3 is 0 Å². The summed E-state index contributed by atoms with van der Waals surface area (Å²) < 4.78 is 14.8. The Bertz CT molecular complexity index is 10200. The van der Waals surface area contributed by atoms with Crippen LogP contribution in [0.5, 0.6) is 0 Å². The van der Waals surface area contributed by atoms with E-state index in [9.17, 15) is 0 Å². The van der Waals surface area contributed by atoms with E-state index in [1.165, 1.54) is 203 Å². The van der Waals surface area contributed by atoms with Gasteiger partial charge in [0.1, 0.15) is 0 Å². The maximum Gasteiger partial charge on any atom is 0.235 e. The minimum absolute atomic E-state index is 0.640. The van der Waals surface area contributed by atoms with Crippen molar-refractivity contribution in [3.63, 3.8) is 0 Å². The summed E-state index contributed by atoms with van der Waals surface area (Å²) in [6, 6.07) is 148. The lowest BCUT2D eigenvalue weighted by molar-refractivity contribution is 0.989. The molecule has 3 aliphatic rings. The van der Waals surface area contributed by atoms with Crippen LogP contribution in [0, 0.1) is 0 Å². The van der Waals surface area contributed by atoms with Crippen molar-refractivity contribution in [2.45, 2.75) is 0 Å². The fraction of sp³-hybridized carbons (Fsp3) is 0. The zero-order chi connectivity index (χ0) is 90.1. The van der Waals surface area contributed by atoms with E-state index in [0.29, 0.717) is 29.4 Å². The van der Waals surface area contributed by atoms with Gasteiger partial charge < -0.3 is 4.57 Å². The largest absolute Gasteiger partial charge is 0.309 e. The van der Waals surface area contributed by atoms with Crippen LogP contribution in [0.15, 0.2) is 425 Å². The van der Waals surface area contributed by atoms with Gasteiger partial charge in [-0.05, 0) is 161 Å². The molecule has 0 spiro atoms. The fourth-order valence-corrected chi connectivity index (χ4v) is 26.3. The molecule has 0 fully saturated rings. The molecular weight excluding hydrogens is 1740 g/mol. The molecule has 638 valence electrons. The van der Waals surface area contributed by atoms with Crippen LogP contribution in [0.1, 0.15) is 0 Å². The van der Waals surface area contributed by atoms with E-state index in [4.69, 9.17) is 34.9 Å². The lowest BCUT2D eigenvalue weighted by atomic mass is 9.91. The predicted octanol–water partition coefficient (Wildman–Crippen LogP) is 34.0. The van der Waals surface area contributed by atoms with Crippen LogP contribution in [-0.4, -0.2) is 48.6 Å².